The quantitative estimate of drug-likeness (QED) is 0.283. The number of amides is 1. The van der Waals surface area contributed by atoms with Crippen LogP contribution in [-0.4, -0.2) is 40.7 Å². The van der Waals surface area contributed by atoms with Gasteiger partial charge in [-0.1, -0.05) is 32.6 Å². The first-order chi connectivity index (χ1) is 5.31. The standard InChI is InChI=1S/C8H17NO2.Na/c1-2-3-4-5-6-7-8(10)9-11;/h11H,2-7H2,1H3,(H,9,10);. The molecule has 3 nitrogen and oxygen atoms in total. The fourth-order valence-electron chi connectivity index (χ4n) is 0.945. The Morgan fingerprint density at radius 2 is 1.83 bits per heavy atom. The summed E-state index contributed by atoms with van der Waals surface area (Å²) in [6.45, 7) is 2.15. The maximum Gasteiger partial charge on any atom is 0.243 e. The van der Waals surface area contributed by atoms with Gasteiger partial charge in [0.1, 0.15) is 0 Å². The van der Waals surface area contributed by atoms with Crippen LogP contribution in [-0.2, 0) is 4.79 Å². The zero-order chi connectivity index (χ0) is 8.53. The predicted octanol–water partition coefficient (Wildman–Crippen LogP) is 1.47. The summed E-state index contributed by atoms with van der Waals surface area (Å²) in [5.74, 6) is -0.276. The van der Waals surface area contributed by atoms with E-state index in [1.54, 1.807) is 5.48 Å². The van der Waals surface area contributed by atoms with E-state index < -0.39 is 0 Å². The minimum absolute atomic E-state index is 0. The SMILES string of the molecule is CCCCCCCC(=O)NO.[Na]. The van der Waals surface area contributed by atoms with Crippen molar-refractivity contribution in [2.75, 3.05) is 0 Å². The van der Waals surface area contributed by atoms with E-state index in [9.17, 15) is 4.79 Å². The molecule has 0 aliphatic rings. The van der Waals surface area contributed by atoms with Gasteiger partial charge in [-0.05, 0) is 6.42 Å². The molecule has 1 amide bonds. The smallest absolute Gasteiger partial charge is 0.243 e. The molecule has 0 heterocycles. The fourth-order valence-corrected chi connectivity index (χ4v) is 0.945. The molecule has 1 radical (unpaired) electrons. The predicted molar refractivity (Wildman–Crippen MR) is 49.1 cm³/mol. The summed E-state index contributed by atoms with van der Waals surface area (Å²) in [4.78, 5) is 10.5. The molecule has 0 rings (SSSR count). The van der Waals surface area contributed by atoms with Crippen LogP contribution in [0.25, 0.3) is 0 Å². The molecular formula is C8H17NNaO2. The number of carbonyl (C=O) groups excluding carboxylic acids is 1. The molecule has 0 bridgehead atoms. The van der Waals surface area contributed by atoms with Crippen molar-refractivity contribution in [1.82, 2.24) is 5.48 Å². The Labute approximate surface area is 96.2 Å². The van der Waals surface area contributed by atoms with Crippen LogP contribution in [0.15, 0.2) is 0 Å². The molecule has 0 saturated carbocycles. The van der Waals surface area contributed by atoms with E-state index in [1.165, 1.54) is 19.3 Å². The average molecular weight is 182 g/mol. The summed E-state index contributed by atoms with van der Waals surface area (Å²) in [5.41, 5.74) is 1.62. The molecular weight excluding hydrogens is 165 g/mol. The van der Waals surface area contributed by atoms with Crippen molar-refractivity contribution in [2.45, 2.75) is 45.4 Å². The van der Waals surface area contributed by atoms with Crippen LogP contribution in [0.3, 0.4) is 0 Å². The molecule has 4 heteroatoms. The average Bonchev–Trinajstić information content (AvgIpc) is 2.04. The van der Waals surface area contributed by atoms with Crippen LogP contribution in [0.4, 0.5) is 0 Å². The molecule has 0 aromatic carbocycles. The second-order valence-electron chi connectivity index (χ2n) is 2.70. The van der Waals surface area contributed by atoms with Crippen LogP contribution < -0.4 is 5.48 Å². The summed E-state index contributed by atoms with van der Waals surface area (Å²) in [5, 5.41) is 8.14. The van der Waals surface area contributed by atoms with Crippen molar-refractivity contribution in [1.29, 1.82) is 0 Å². The van der Waals surface area contributed by atoms with Gasteiger partial charge in [0.25, 0.3) is 0 Å². The van der Waals surface area contributed by atoms with Crippen LogP contribution >= 0.6 is 0 Å². The van der Waals surface area contributed by atoms with Crippen molar-refractivity contribution in [3.8, 4) is 0 Å². The topological polar surface area (TPSA) is 49.3 Å². The number of nitrogens with one attached hydrogen (secondary N) is 1. The van der Waals surface area contributed by atoms with E-state index >= 15 is 0 Å². The first-order valence-corrected chi connectivity index (χ1v) is 4.24. The van der Waals surface area contributed by atoms with Crippen LogP contribution in [0, 0.1) is 0 Å². The number of hydrogen-bond donors (Lipinski definition) is 2. The third-order valence-corrected chi connectivity index (χ3v) is 1.63. The number of unbranched alkanes of at least 4 members (excludes halogenated alkanes) is 4. The van der Waals surface area contributed by atoms with Crippen molar-refractivity contribution in [2.24, 2.45) is 0 Å². The van der Waals surface area contributed by atoms with E-state index in [1.807, 2.05) is 0 Å². The number of hydroxylamine groups is 1. The number of carbonyl (C=O) groups is 1. The number of hydrogen-bond acceptors (Lipinski definition) is 2. The van der Waals surface area contributed by atoms with Crippen LogP contribution in [0.5, 0.6) is 0 Å². The van der Waals surface area contributed by atoms with Gasteiger partial charge in [0.15, 0.2) is 0 Å². The zero-order valence-corrected chi connectivity index (χ0v) is 10.1. The van der Waals surface area contributed by atoms with Gasteiger partial charge in [0.05, 0.1) is 0 Å². The fraction of sp³-hybridized carbons (Fsp3) is 0.875. The Morgan fingerprint density at radius 1 is 1.25 bits per heavy atom. The Balaban J connectivity index is 0. The maximum atomic E-state index is 10.5. The maximum absolute atomic E-state index is 10.5. The van der Waals surface area contributed by atoms with E-state index in [0.29, 0.717) is 6.42 Å². The van der Waals surface area contributed by atoms with Gasteiger partial charge < -0.3 is 0 Å². The molecule has 0 atom stereocenters. The molecule has 12 heavy (non-hydrogen) atoms. The van der Waals surface area contributed by atoms with Gasteiger partial charge in [-0.15, -0.1) is 0 Å². The van der Waals surface area contributed by atoms with Gasteiger partial charge in [-0.2, -0.15) is 0 Å². The summed E-state index contributed by atoms with van der Waals surface area (Å²) in [7, 11) is 0. The van der Waals surface area contributed by atoms with Crippen molar-refractivity contribution in [3.05, 3.63) is 0 Å². The molecule has 0 spiro atoms. The Bertz CT molecular complexity index is 109. The van der Waals surface area contributed by atoms with E-state index in [4.69, 9.17) is 5.21 Å². The van der Waals surface area contributed by atoms with Crippen molar-refractivity contribution < 1.29 is 10.0 Å². The summed E-state index contributed by atoms with van der Waals surface area (Å²) >= 11 is 0. The first kappa shape index (κ1) is 14.9. The molecule has 0 aromatic rings. The third kappa shape index (κ3) is 10.4. The molecule has 0 aliphatic carbocycles. The Hall–Kier alpha value is 0.430. The van der Waals surface area contributed by atoms with Gasteiger partial charge >= 0.3 is 0 Å². The van der Waals surface area contributed by atoms with E-state index in [-0.39, 0.29) is 35.5 Å². The molecule has 0 aromatic heterocycles. The van der Waals surface area contributed by atoms with Gasteiger partial charge in [0.2, 0.25) is 5.91 Å². The minimum atomic E-state index is -0.276. The Morgan fingerprint density at radius 3 is 2.33 bits per heavy atom. The summed E-state index contributed by atoms with van der Waals surface area (Å²) < 4.78 is 0. The molecule has 0 aliphatic heterocycles. The molecule has 67 valence electrons. The van der Waals surface area contributed by atoms with Gasteiger partial charge in [-0.25, -0.2) is 5.48 Å². The van der Waals surface area contributed by atoms with Crippen molar-refractivity contribution in [3.63, 3.8) is 0 Å². The van der Waals surface area contributed by atoms with E-state index in [2.05, 4.69) is 6.92 Å². The van der Waals surface area contributed by atoms with Crippen LogP contribution in [0.1, 0.15) is 45.4 Å². The van der Waals surface area contributed by atoms with E-state index in [0.717, 1.165) is 12.8 Å². The normalized spacial score (nSPS) is 8.83. The molecule has 0 unspecified atom stereocenters. The number of rotatable bonds is 6. The zero-order valence-electron chi connectivity index (χ0n) is 8.10. The molecule has 0 saturated heterocycles. The van der Waals surface area contributed by atoms with Crippen molar-refractivity contribution >= 4 is 35.5 Å². The molecule has 2 N–H and O–H groups in total. The summed E-state index contributed by atoms with van der Waals surface area (Å²) in [6, 6.07) is 0. The second kappa shape index (κ2) is 11.4. The minimum Gasteiger partial charge on any atom is -0.289 e. The van der Waals surface area contributed by atoms with Crippen LogP contribution in [0.2, 0.25) is 0 Å². The first-order valence-electron chi connectivity index (χ1n) is 4.24. The molecule has 0 fully saturated rings. The van der Waals surface area contributed by atoms with Gasteiger partial charge in [-0.3, -0.25) is 10.0 Å². The third-order valence-electron chi connectivity index (χ3n) is 1.63. The monoisotopic (exact) mass is 182 g/mol. The van der Waals surface area contributed by atoms with Gasteiger partial charge in [0, 0.05) is 36.0 Å². The Kier molecular flexibility index (Phi) is 14.2. The largest absolute Gasteiger partial charge is 0.289 e. The summed E-state index contributed by atoms with van der Waals surface area (Å²) in [6.07, 6.45) is 6.05. The second-order valence-corrected chi connectivity index (χ2v) is 2.70.